The van der Waals surface area contributed by atoms with Crippen molar-refractivity contribution in [1.82, 2.24) is 0 Å². The molecule has 2 nitrogen and oxygen atoms in total. The van der Waals surface area contributed by atoms with E-state index in [0.29, 0.717) is 0 Å². The predicted octanol–water partition coefficient (Wildman–Crippen LogP) is 1.78. The third-order valence-electron chi connectivity index (χ3n) is 1.51. The summed E-state index contributed by atoms with van der Waals surface area (Å²) in [5.74, 6) is -1.53. The van der Waals surface area contributed by atoms with Gasteiger partial charge >= 0.3 is 0 Å². The predicted molar refractivity (Wildman–Crippen MR) is 48.1 cm³/mol. The number of hydrogen-bond acceptors (Lipinski definition) is 2. The monoisotopic (exact) mass is 223 g/mol. The second-order valence-electron chi connectivity index (χ2n) is 2.59. The maximum absolute atomic E-state index is 12.8. The minimum atomic E-state index is -2.67. The third kappa shape index (κ3) is 2.73. The lowest BCUT2D eigenvalue weighted by Crippen LogP contribution is -2.07. The normalized spacial score (nSPS) is 13.1. The summed E-state index contributed by atoms with van der Waals surface area (Å²) in [7, 11) is -1.88. The van der Waals surface area contributed by atoms with E-state index in [2.05, 4.69) is 0 Å². The average Bonchev–Trinajstić information content (AvgIpc) is 2.08. The van der Waals surface area contributed by atoms with Crippen LogP contribution in [0, 0.1) is 5.82 Å². The lowest BCUT2D eigenvalue weighted by Gasteiger charge is -2.02. The minimum Gasteiger partial charge on any atom is -0.396 e. The van der Waals surface area contributed by atoms with Crippen LogP contribution in [0.4, 0.5) is 18.9 Å². The quantitative estimate of drug-likeness (QED) is 0.794. The Balaban J connectivity index is 2.86. The Morgan fingerprint density at radius 3 is 2.57 bits per heavy atom. The molecule has 0 spiro atoms. The fraction of sp³-hybridized carbons (Fsp3) is 0.250. The van der Waals surface area contributed by atoms with Gasteiger partial charge in [-0.1, -0.05) is 0 Å². The Morgan fingerprint density at radius 2 is 2.07 bits per heavy atom. The van der Waals surface area contributed by atoms with Crippen LogP contribution in [0.3, 0.4) is 0 Å². The molecule has 1 atom stereocenters. The molecule has 0 amide bonds. The molecule has 0 fully saturated rings. The van der Waals surface area contributed by atoms with E-state index < -0.39 is 28.8 Å². The van der Waals surface area contributed by atoms with Crippen LogP contribution >= 0.6 is 0 Å². The molecule has 0 saturated heterocycles. The van der Waals surface area contributed by atoms with E-state index in [1.807, 2.05) is 0 Å². The van der Waals surface area contributed by atoms with Gasteiger partial charge < -0.3 is 5.73 Å². The van der Waals surface area contributed by atoms with Gasteiger partial charge in [-0.2, -0.15) is 0 Å². The van der Waals surface area contributed by atoms with Gasteiger partial charge in [-0.3, -0.25) is 4.21 Å². The summed E-state index contributed by atoms with van der Waals surface area (Å²) in [6.45, 7) is 0. The zero-order valence-electron chi connectivity index (χ0n) is 7.04. The van der Waals surface area contributed by atoms with E-state index in [1.54, 1.807) is 0 Å². The van der Waals surface area contributed by atoms with Gasteiger partial charge in [0.2, 0.25) is 6.43 Å². The van der Waals surface area contributed by atoms with Gasteiger partial charge in [0.25, 0.3) is 0 Å². The molecule has 2 N–H and O–H groups in total. The van der Waals surface area contributed by atoms with Gasteiger partial charge in [-0.15, -0.1) is 0 Å². The number of nitrogens with two attached hydrogens (primary N) is 1. The molecule has 6 heteroatoms. The number of rotatable bonds is 3. The van der Waals surface area contributed by atoms with Crippen LogP contribution in [-0.4, -0.2) is 16.4 Å². The molecule has 0 heterocycles. The van der Waals surface area contributed by atoms with Crippen LogP contribution in [0.15, 0.2) is 23.1 Å². The molecule has 0 saturated carbocycles. The Labute approximate surface area is 81.4 Å². The highest BCUT2D eigenvalue weighted by Crippen LogP contribution is 2.16. The summed E-state index contributed by atoms with van der Waals surface area (Å²) in [6.07, 6.45) is -2.67. The molecule has 1 unspecified atom stereocenters. The van der Waals surface area contributed by atoms with Crippen LogP contribution in [0.25, 0.3) is 0 Å². The number of halogens is 3. The van der Waals surface area contributed by atoms with Gasteiger partial charge in [0.1, 0.15) is 5.82 Å². The largest absolute Gasteiger partial charge is 0.396 e. The Kier molecular flexibility index (Phi) is 3.51. The van der Waals surface area contributed by atoms with Gasteiger partial charge in [0.15, 0.2) is 0 Å². The zero-order valence-corrected chi connectivity index (χ0v) is 7.86. The lowest BCUT2D eigenvalue weighted by molar-refractivity contribution is 0.175. The maximum atomic E-state index is 12.8. The van der Waals surface area contributed by atoms with Crippen molar-refractivity contribution < 1.29 is 17.4 Å². The van der Waals surface area contributed by atoms with Crippen molar-refractivity contribution in [3.63, 3.8) is 0 Å². The first-order valence-corrected chi connectivity index (χ1v) is 5.04. The number of benzene rings is 1. The van der Waals surface area contributed by atoms with Crippen LogP contribution < -0.4 is 5.73 Å². The fourth-order valence-corrected chi connectivity index (χ4v) is 1.74. The van der Waals surface area contributed by atoms with Crippen LogP contribution in [0.2, 0.25) is 0 Å². The minimum absolute atomic E-state index is 0.0250. The third-order valence-corrected chi connectivity index (χ3v) is 2.85. The van der Waals surface area contributed by atoms with E-state index in [9.17, 15) is 17.4 Å². The smallest absolute Gasteiger partial charge is 0.250 e. The van der Waals surface area contributed by atoms with E-state index in [4.69, 9.17) is 5.73 Å². The standard InChI is InChI=1S/C8H8F3NOS/c9-6-3-5(1-2-7(6)12)14(13)4-8(10)11/h1-3,8H,4,12H2. The molecule has 14 heavy (non-hydrogen) atoms. The Morgan fingerprint density at radius 1 is 1.43 bits per heavy atom. The van der Waals surface area contributed by atoms with E-state index in [1.165, 1.54) is 12.1 Å². The summed E-state index contributed by atoms with van der Waals surface area (Å²) in [6, 6.07) is 3.39. The number of alkyl halides is 2. The second-order valence-corrected chi connectivity index (χ2v) is 4.08. The van der Waals surface area contributed by atoms with Crippen molar-refractivity contribution in [3.05, 3.63) is 24.0 Å². The molecular weight excluding hydrogens is 215 g/mol. The van der Waals surface area contributed by atoms with Crippen molar-refractivity contribution in [2.45, 2.75) is 11.3 Å². The summed E-state index contributed by atoms with van der Waals surface area (Å²) < 4.78 is 47.7. The fourth-order valence-electron chi connectivity index (χ4n) is 0.860. The second kappa shape index (κ2) is 4.45. The summed E-state index contributed by atoms with van der Waals surface area (Å²) in [5.41, 5.74) is 5.07. The molecule has 1 aromatic carbocycles. The average molecular weight is 223 g/mol. The van der Waals surface area contributed by atoms with E-state index >= 15 is 0 Å². The molecule has 0 aliphatic rings. The van der Waals surface area contributed by atoms with Crippen LogP contribution in [-0.2, 0) is 10.8 Å². The van der Waals surface area contributed by atoms with Gasteiger partial charge in [0, 0.05) is 4.90 Å². The highest BCUT2D eigenvalue weighted by molar-refractivity contribution is 7.85. The number of anilines is 1. The SMILES string of the molecule is Nc1ccc(S(=O)CC(F)F)cc1F. The van der Waals surface area contributed by atoms with E-state index in [-0.39, 0.29) is 10.6 Å². The first-order chi connectivity index (χ1) is 6.50. The van der Waals surface area contributed by atoms with Crippen molar-refractivity contribution in [3.8, 4) is 0 Å². The van der Waals surface area contributed by atoms with Crippen molar-refractivity contribution in [2.75, 3.05) is 11.5 Å². The van der Waals surface area contributed by atoms with Gasteiger partial charge in [0.05, 0.1) is 22.2 Å². The molecule has 0 bridgehead atoms. The first kappa shape index (κ1) is 11.0. The lowest BCUT2D eigenvalue weighted by atomic mass is 10.3. The molecule has 0 aliphatic carbocycles. The van der Waals surface area contributed by atoms with Crippen LogP contribution in [0.5, 0.6) is 0 Å². The van der Waals surface area contributed by atoms with Crippen molar-refractivity contribution in [1.29, 1.82) is 0 Å². The van der Waals surface area contributed by atoms with Crippen molar-refractivity contribution in [2.24, 2.45) is 0 Å². The molecule has 0 aromatic heterocycles. The molecule has 1 aromatic rings. The zero-order chi connectivity index (χ0) is 10.7. The highest BCUT2D eigenvalue weighted by atomic mass is 32.2. The van der Waals surface area contributed by atoms with Crippen molar-refractivity contribution >= 4 is 16.5 Å². The number of hydrogen-bond donors (Lipinski definition) is 1. The molecule has 1 rings (SSSR count). The summed E-state index contributed by atoms with van der Waals surface area (Å²) in [4.78, 5) is 0.0250. The van der Waals surface area contributed by atoms with Crippen LogP contribution in [0.1, 0.15) is 0 Å². The molecule has 0 radical (unpaired) electrons. The molecule has 78 valence electrons. The topological polar surface area (TPSA) is 43.1 Å². The van der Waals surface area contributed by atoms with E-state index in [0.717, 1.165) is 6.07 Å². The molecule has 0 aliphatic heterocycles. The maximum Gasteiger partial charge on any atom is 0.250 e. The first-order valence-electron chi connectivity index (χ1n) is 3.72. The Bertz CT molecular complexity index is 356. The molecular formula is C8H8F3NOS. The number of nitrogen functional groups attached to an aromatic ring is 1. The van der Waals surface area contributed by atoms with Gasteiger partial charge in [-0.05, 0) is 18.2 Å². The van der Waals surface area contributed by atoms with Gasteiger partial charge in [-0.25, -0.2) is 13.2 Å². The highest BCUT2D eigenvalue weighted by Gasteiger charge is 2.12. The summed E-state index contributed by atoms with van der Waals surface area (Å²) >= 11 is 0. The Hall–Kier alpha value is -1.04. The summed E-state index contributed by atoms with van der Waals surface area (Å²) in [5, 5.41) is 0.